The van der Waals surface area contributed by atoms with Gasteiger partial charge in [0.15, 0.2) is 0 Å². The molecule has 6 nitrogen and oxygen atoms in total. The smallest absolute Gasteiger partial charge is 0.335 e. The van der Waals surface area contributed by atoms with Crippen LogP contribution in [0.25, 0.3) is 0 Å². The number of rotatable bonds is 6. The molecule has 1 aromatic carbocycles. The minimum absolute atomic E-state index is 0.0152. The first-order valence-electron chi connectivity index (χ1n) is 6.45. The molecule has 1 fully saturated rings. The molecule has 1 saturated carbocycles. The number of hydrogen-bond acceptors (Lipinski definition) is 4. The summed E-state index contributed by atoms with van der Waals surface area (Å²) in [7, 11) is -3.83. The molecule has 0 bridgehead atoms. The molecule has 0 aliphatic heterocycles. The van der Waals surface area contributed by atoms with E-state index in [1.54, 1.807) is 6.92 Å². The largest absolute Gasteiger partial charge is 0.478 e. The topological polar surface area (TPSA) is 94.9 Å². The van der Waals surface area contributed by atoms with Gasteiger partial charge in [0.1, 0.15) is 0 Å². The van der Waals surface area contributed by atoms with E-state index in [0.717, 1.165) is 12.8 Å². The Bertz CT molecular complexity index is 669. The molecule has 0 unspecified atom stereocenters. The number of sulfonamides is 1. The zero-order chi connectivity index (χ0) is 15.8. The van der Waals surface area contributed by atoms with E-state index in [-0.39, 0.29) is 29.7 Å². The van der Waals surface area contributed by atoms with Gasteiger partial charge in [-0.05, 0) is 37.5 Å². The minimum atomic E-state index is -3.83. The molecule has 0 heterocycles. The Morgan fingerprint density at radius 2 is 2.05 bits per heavy atom. The molecule has 1 aliphatic rings. The molecule has 0 saturated heterocycles. The van der Waals surface area contributed by atoms with Crippen molar-refractivity contribution < 1.29 is 23.4 Å². The highest BCUT2D eigenvalue weighted by molar-refractivity contribution is 9.10. The van der Waals surface area contributed by atoms with E-state index in [2.05, 4.69) is 15.9 Å². The van der Waals surface area contributed by atoms with Gasteiger partial charge in [0.05, 0.1) is 17.1 Å². The second kappa shape index (κ2) is 6.04. The average Bonchev–Trinajstić information content (AvgIpc) is 3.22. The van der Waals surface area contributed by atoms with E-state index in [0.29, 0.717) is 10.0 Å². The van der Waals surface area contributed by atoms with Crippen LogP contribution >= 0.6 is 15.9 Å². The Kier molecular flexibility index (Phi) is 4.72. The number of halogens is 1. The molecule has 0 spiro atoms. The number of benzene rings is 1. The standard InChI is InChI=1S/C13H16BrNO5S/c1-8-11(14)6-9(13(17)18)7-12(8)21(19,20)15(4-5-16)10-2-3-10/h6-7,10,16H,2-5H2,1H3,(H,17,18). The molecule has 8 heteroatoms. The van der Waals surface area contributed by atoms with Crippen molar-refractivity contribution in [1.29, 1.82) is 0 Å². The minimum Gasteiger partial charge on any atom is -0.478 e. The van der Waals surface area contributed by atoms with Crippen LogP contribution < -0.4 is 0 Å². The van der Waals surface area contributed by atoms with E-state index < -0.39 is 16.0 Å². The van der Waals surface area contributed by atoms with Gasteiger partial charge in [-0.1, -0.05) is 15.9 Å². The van der Waals surface area contributed by atoms with E-state index >= 15 is 0 Å². The Hall–Kier alpha value is -0.960. The summed E-state index contributed by atoms with van der Waals surface area (Å²) < 4.78 is 27.2. The van der Waals surface area contributed by atoms with Gasteiger partial charge in [-0.3, -0.25) is 0 Å². The van der Waals surface area contributed by atoms with Crippen LogP contribution in [-0.4, -0.2) is 48.1 Å². The van der Waals surface area contributed by atoms with Gasteiger partial charge in [0.2, 0.25) is 10.0 Å². The monoisotopic (exact) mass is 377 g/mol. The fourth-order valence-corrected chi connectivity index (χ4v) is 4.67. The number of carbonyl (C=O) groups is 1. The van der Waals surface area contributed by atoms with Crippen molar-refractivity contribution in [1.82, 2.24) is 4.31 Å². The molecule has 2 rings (SSSR count). The third kappa shape index (κ3) is 3.28. The Balaban J connectivity index is 2.55. The molecular weight excluding hydrogens is 362 g/mol. The van der Waals surface area contributed by atoms with Crippen LogP contribution in [0.2, 0.25) is 0 Å². The number of aliphatic hydroxyl groups excluding tert-OH is 1. The molecular formula is C13H16BrNO5S. The van der Waals surface area contributed by atoms with Crippen LogP contribution in [0, 0.1) is 6.92 Å². The van der Waals surface area contributed by atoms with Gasteiger partial charge < -0.3 is 10.2 Å². The van der Waals surface area contributed by atoms with Crippen molar-refractivity contribution in [3.05, 3.63) is 27.7 Å². The van der Waals surface area contributed by atoms with Gasteiger partial charge in [-0.15, -0.1) is 0 Å². The predicted octanol–water partition coefficient (Wildman–Crippen LogP) is 1.60. The van der Waals surface area contributed by atoms with Gasteiger partial charge in [-0.25, -0.2) is 13.2 Å². The quantitative estimate of drug-likeness (QED) is 0.784. The zero-order valence-corrected chi connectivity index (χ0v) is 13.8. The average molecular weight is 378 g/mol. The normalized spacial score (nSPS) is 15.4. The third-order valence-corrected chi connectivity index (χ3v) is 6.31. The summed E-state index contributed by atoms with van der Waals surface area (Å²) in [6.07, 6.45) is 1.52. The summed E-state index contributed by atoms with van der Waals surface area (Å²) in [6, 6.07) is 2.45. The molecule has 0 atom stereocenters. The van der Waals surface area contributed by atoms with E-state index in [1.807, 2.05) is 0 Å². The van der Waals surface area contributed by atoms with Crippen molar-refractivity contribution in [2.75, 3.05) is 13.2 Å². The first-order valence-corrected chi connectivity index (χ1v) is 8.68. The van der Waals surface area contributed by atoms with Crippen molar-refractivity contribution in [2.24, 2.45) is 0 Å². The molecule has 21 heavy (non-hydrogen) atoms. The first kappa shape index (κ1) is 16.4. The van der Waals surface area contributed by atoms with Gasteiger partial charge in [0.25, 0.3) is 0 Å². The number of carboxylic acids is 1. The van der Waals surface area contributed by atoms with Crippen LogP contribution in [0.3, 0.4) is 0 Å². The second-order valence-corrected chi connectivity index (χ2v) is 7.67. The summed E-state index contributed by atoms with van der Waals surface area (Å²) in [5.74, 6) is -1.19. The highest BCUT2D eigenvalue weighted by atomic mass is 79.9. The number of aromatic carboxylic acids is 1. The summed E-state index contributed by atoms with van der Waals surface area (Å²) in [6.45, 7) is 1.36. The summed E-state index contributed by atoms with van der Waals surface area (Å²) in [5.41, 5.74) is 0.370. The highest BCUT2D eigenvalue weighted by Gasteiger charge is 2.38. The Morgan fingerprint density at radius 3 is 2.52 bits per heavy atom. The van der Waals surface area contributed by atoms with Crippen molar-refractivity contribution in [3.63, 3.8) is 0 Å². The zero-order valence-electron chi connectivity index (χ0n) is 11.4. The second-order valence-electron chi connectivity index (χ2n) is 4.96. The highest BCUT2D eigenvalue weighted by Crippen LogP contribution is 2.34. The summed E-state index contributed by atoms with van der Waals surface area (Å²) in [4.78, 5) is 11.1. The number of carboxylic acid groups (broad SMARTS) is 1. The predicted molar refractivity (Wildman–Crippen MR) is 79.8 cm³/mol. The molecule has 0 amide bonds. The Morgan fingerprint density at radius 1 is 1.43 bits per heavy atom. The van der Waals surface area contributed by atoms with Crippen LogP contribution in [0.1, 0.15) is 28.8 Å². The van der Waals surface area contributed by atoms with Crippen LogP contribution in [0.15, 0.2) is 21.5 Å². The molecule has 0 radical (unpaired) electrons. The maximum Gasteiger partial charge on any atom is 0.335 e. The van der Waals surface area contributed by atoms with Gasteiger partial charge in [0, 0.05) is 17.1 Å². The van der Waals surface area contributed by atoms with Crippen molar-refractivity contribution in [2.45, 2.75) is 30.7 Å². The maximum atomic E-state index is 12.8. The van der Waals surface area contributed by atoms with E-state index in [4.69, 9.17) is 10.2 Å². The maximum absolute atomic E-state index is 12.8. The van der Waals surface area contributed by atoms with E-state index in [1.165, 1.54) is 16.4 Å². The SMILES string of the molecule is Cc1c(Br)cc(C(=O)O)cc1S(=O)(=O)N(CCO)C1CC1. The van der Waals surface area contributed by atoms with Gasteiger partial charge in [-0.2, -0.15) is 4.31 Å². The molecule has 0 aromatic heterocycles. The molecule has 1 aromatic rings. The third-order valence-electron chi connectivity index (χ3n) is 3.40. The van der Waals surface area contributed by atoms with Crippen molar-refractivity contribution >= 4 is 31.9 Å². The number of nitrogens with zero attached hydrogens (tertiary/aromatic N) is 1. The molecule has 116 valence electrons. The summed E-state index contributed by atoms with van der Waals surface area (Å²) >= 11 is 3.20. The van der Waals surface area contributed by atoms with Crippen LogP contribution in [0.4, 0.5) is 0 Å². The number of aliphatic hydroxyl groups is 1. The fraction of sp³-hybridized carbons (Fsp3) is 0.462. The van der Waals surface area contributed by atoms with E-state index in [9.17, 15) is 13.2 Å². The first-order chi connectivity index (χ1) is 9.78. The lowest BCUT2D eigenvalue weighted by Crippen LogP contribution is -2.36. The van der Waals surface area contributed by atoms with Crippen LogP contribution in [-0.2, 0) is 10.0 Å². The lowest BCUT2D eigenvalue weighted by molar-refractivity contribution is 0.0696. The van der Waals surface area contributed by atoms with Gasteiger partial charge >= 0.3 is 5.97 Å². The fourth-order valence-electron chi connectivity index (χ4n) is 2.13. The van der Waals surface area contributed by atoms with Crippen LogP contribution in [0.5, 0.6) is 0 Å². The number of hydrogen-bond donors (Lipinski definition) is 2. The lowest BCUT2D eigenvalue weighted by atomic mass is 10.1. The lowest BCUT2D eigenvalue weighted by Gasteiger charge is -2.22. The summed E-state index contributed by atoms with van der Waals surface area (Å²) in [5, 5.41) is 18.2. The molecule has 2 N–H and O–H groups in total. The van der Waals surface area contributed by atoms with Crippen molar-refractivity contribution in [3.8, 4) is 0 Å². The molecule has 1 aliphatic carbocycles. The Labute approximate surface area is 131 Å².